The molecule has 3 aromatic rings. The van der Waals surface area contributed by atoms with Crippen molar-refractivity contribution in [1.82, 2.24) is 4.98 Å². The molecule has 1 aliphatic heterocycles. The minimum absolute atomic E-state index is 0.00757. The molecule has 0 fully saturated rings. The van der Waals surface area contributed by atoms with Gasteiger partial charge in [0.25, 0.3) is 0 Å². The molecule has 0 aliphatic carbocycles. The molecule has 2 heterocycles. The van der Waals surface area contributed by atoms with Gasteiger partial charge in [0.15, 0.2) is 0 Å². The fourth-order valence-electron chi connectivity index (χ4n) is 3.04. The average Bonchev–Trinajstić information content (AvgIpc) is 3.02. The van der Waals surface area contributed by atoms with Crippen LogP contribution in [0.4, 0.5) is 11.4 Å². The third-order valence-electron chi connectivity index (χ3n) is 4.28. The van der Waals surface area contributed by atoms with Gasteiger partial charge in [0.1, 0.15) is 0 Å². The fraction of sp³-hybridized carbons (Fsp3) is 0.0952. The molecule has 0 radical (unpaired) electrons. The van der Waals surface area contributed by atoms with Crippen LogP contribution in [0.3, 0.4) is 0 Å². The number of nitrogens with zero attached hydrogens (tertiary/aromatic N) is 1. The van der Waals surface area contributed by atoms with Crippen LogP contribution in [-0.2, 0) is 22.4 Å². The van der Waals surface area contributed by atoms with Gasteiger partial charge in [-0.3, -0.25) is 14.6 Å². The molecule has 5 heteroatoms. The van der Waals surface area contributed by atoms with Crippen LogP contribution >= 0.6 is 0 Å². The maximum Gasteiger partial charge on any atom is 0.228 e. The Balaban J connectivity index is 1.46. The zero-order valence-corrected chi connectivity index (χ0v) is 14.0. The molecule has 0 bridgehead atoms. The second kappa shape index (κ2) is 6.80. The number of fused-ring (bicyclic) bond motifs is 1. The lowest BCUT2D eigenvalue weighted by atomic mass is 10.1. The van der Waals surface area contributed by atoms with Crippen LogP contribution in [0, 0.1) is 0 Å². The van der Waals surface area contributed by atoms with Gasteiger partial charge in [-0.1, -0.05) is 42.5 Å². The number of carbonyl (C=O) groups excluding carboxylic acids is 2. The summed E-state index contributed by atoms with van der Waals surface area (Å²) >= 11 is 0. The zero-order valence-electron chi connectivity index (χ0n) is 14.0. The van der Waals surface area contributed by atoms with E-state index in [0.29, 0.717) is 12.1 Å². The van der Waals surface area contributed by atoms with Crippen molar-refractivity contribution in [3.8, 4) is 11.3 Å². The Morgan fingerprint density at radius 1 is 1.08 bits per heavy atom. The standard InChI is InChI=1S/C21H17N3O2/c25-20(11-14-6-7-16-12-21(26)24-19(16)10-14)23-17-8-9-22-18(13-17)15-4-2-1-3-5-15/h1-10,13H,11-12H2,(H,24,26)(H,22,23,25). The minimum Gasteiger partial charge on any atom is -0.326 e. The number of pyridine rings is 1. The lowest BCUT2D eigenvalue weighted by Crippen LogP contribution is -2.14. The number of amides is 2. The first-order valence-electron chi connectivity index (χ1n) is 8.40. The van der Waals surface area contributed by atoms with Gasteiger partial charge < -0.3 is 10.6 Å². The zero-order chi connectivity index (χ0) is 17.9. The molecule has 26 heavy (non-hydrogen) atoms. The second-order valence-electron chi connectivity index (χ2n) is 6.24. The Labute approximate surface area is 151 Å². The SMILES string of the molecule is O=C(Cc1ccc2c(c1)NC(=O)C2)Nc1ccnc(-c2ccccc2)c1. The van der Waals surface area contributed by atoms with Crippen molar-refractivity contribution in [1.29, 1.82) is 0 Å². The number of anilines is 2. The van der Waals surface area contributed by atoms with Crippen molar-refractivity contribution in [2.75, 3.05) is 10.6 Å². The van der Waals surface area contributed by atoms with Gasteiger partial charge in [0, 0.05) is 23.1 Å². The molecular formula is C21H17N3O2. The van der Waals surface area contributed by atoms with Crippen LogP contribution in [0.15, 0.2) is 66.9 Å². The smallest absolute Gasteiger partial charge is 0.228 e. The molecule has 0 unspecified atom stereocenters. The maximum atomic E-state index is 12.4. The fourth-order valence-corrected chi connectivity index (χ4v) is 3.04. The lowest BCUT2D eigenvalue weighted by Gasteiger charge is -2.08. The first-order valence-corrected chi connectivity index (χ1v) is 8.40. The average molecular weight is 343 g/mol. The van der Waals surface area contributed by atoms with Crippen LogP contribution in [0.5, 0.6) is 0 Å². The van der Waals surface area contributed by atoms with Crippen molar-refractivity contribution in [3.63, 3.8) is 0 Å². The van der Waals surface area contributed by atoms with E-state index in [4.69, 9.17) is 0 Å². The van der Waals surface area contributed by atoms with Crippen molar-refractivity contribution in [3.05, 3.63) is 78.0 Å². The van der Waals surface area contributed by atoms with E-state index in [2.05, 4.69) is 15.6 Å². The van der Waals surface area contributed by atoms with Crippen LogP contribution < -0.4 is 10.6 Å². The molecule has 5 nitrogen and oxygen atoms in total. The number of carbonyl (C=O) groups is 2. The Kier molecular flexibility index (Phi) is 4.19. The Morgan fingerprint density at radius 2 is 1.92 bits per heavy atom. The highest BCUT2D eigenvalue weighted by Gasteiger charge is 2.18. The number of rotatable bonds is 4. The summed E-state index contributed by atoms with van der Waals surface area (Å²) in [6.07, 6.45) is 2.33. The van der Waals surface area contributed by atoms with E-state index in [-0.39, 0.29) is 18.2 Å². The van der Waals surface area contributed by atoms with Crippen molar-refractivity contribution in [2.45, 2.75) is 12.8 Å². The van der Waals surface area contributed by atoms with Crippen molar-refractivity contribution >= 4 is 23.2 Å². The molecule has 0 spiro atoms. The van der Waals surface area contributed by atoms with Gasteiger partial charge in [-0.05, 0) is 29.3 Å². The molecule has 2 N–H and O–H groups in total. The number of nitrogens with one attached hydrogen (secondary N) is 2. The van der Waals surface area contributed by atoms with E-state index in [0.717, 1.165) is 28.1 Å². The quantitative estimate of drug-likeness (QED) is 0.762. The van der Waals surface area contributed by atoms with Gasteiger partial charge in [-0.15, -0.1) is 0 Å². The van der Waals surface area contributed by atoms with E-state index in [9.17, 15) is 9.59 Å². The molecule has 128 valence electrons. The van der Waals surface area contributed by atoms with Gasteiger partial charge in [-0.25, -0.2) is 0 Å². The molecule has 1 aliphatic rings. The molecule has 2 amide bonds. The normalized spacial score (nSPS) is 12.4. The van der Waals surface area contributed by atoms with Gasteiger partial charge in [0.2, 0.25) is 11.8 Å². The second-order valence-corrected chi connectivity index (χ2v) is 6.24. The van der Waals surface area contributed by atoms with Gasteiger partial charge in [0.05, 0.1) is 18.5 Å². The molecule has 0 saturated carbocycles. The van der Waals surface area contributed by atoms with Crippen LogP contribution in [0.25, 0.3) is 11.3 Å². The van der Waals surface area contributed by atoms with E-state index in [1.807, 2.05) is 54.6 Å². The number of benzene rings is 2. The highest BCUT2D eigenvalue weighted by molar-refractivity contribution is 5.99. The monoisotopic (exact) mass is 343 g/mol. The Hall–Kier alpha value is -3.47. The summed E-state index contributed by atoms with van der Waals surface area (Å²) < 4.78 is 0. The highest BCUT2D eigenvalue weighted by Crippen LogP contribution is 2.24. The number of hydrogen-bond acceptors (Lipinski definition) is 3. The lowest BCUT2D eigenvalue weighted by molar-refractivity contribution is -0.116. The van der Waals surface area contributed by atoms with E-state index >= 15 is 0 Å². The minimum atomic E-state index is -0.112. The summed E-state index contributed by atoms with van der Waals surface area (Å²) in [7, 11) is 0. The summed E-state index contributed by atoms with van der Waals surface area (Å²) in [4.78, 5) is 28.2. The predicted molar refractivity (Wildman–Crippen MR) is 101 cm³/mol. The Bertz CT molecular complexity index is 984. The Morgan fingerprint density at radius 3 is 2.77 bits per heavy atom. The van der Waals surface area contributed by atoms with Crippen molar-refractivity contribution in [2.24, 2.45) is 0 Å². The highest BCUT2D eigenvalue weighted by atomic mass is 16.2. The first kappa shape index (κ1) is 16.0. The predicted octanol–water partition coefficient (Wildman–Crippen LogP) is 3.42. The third kappa shape index (κ3) is 3.47. The first-order chi connectivity index (χ1) is 12.7. The molecule has 4 rings (SSSR count). The summed E-state index contributed by atoms with van der Waals surface area (Å²) in [6, 6.07) is 19.1. The van der Waals surface area contributed by atoms with Crippen LogP contribution in [0.2, 0.25) is 0 Å². The van der Waals surface area contributed by atoms with Crippen molar-refractivity contribution < 1.29 is 9.59 Å². The van der Waals surface area contributed by atoms with Crippen LogP contribution in [-0.4, -0.2) is 16.8 Å². The molecule has 0 saturated heterocycles. The number of hydrogen-bond donors (Lipinski definition) is 2. The maximum absolute atomic E-state index is 12.4. The molecule has 1 aromatic heterocycles. The van der Waals surface area contributed by atoms with Gasteiger partial charge in [-0.2, -0.15) is 0 Å². The van der Waals surface area contributed by atoms with Crippen LogP contribution in [0.1, 0.15) is 11.1 Å². The topological polar surface area (TPSA) is 71.1 Å². The van der Waals surface area contributed by atoms with E-state index in [1.54, 1.807) is 12.3 Å². The summed E-state index contributed by atoms with van der Waals surface area (Å²) in [6.45, 7) is 0. The molecule has 0 atom stereocenters. The summed E-state index contributed by atoms with van der Waals surface area (Å²) in [5.41, 5.74) is 5.15. The molecular weight excluding hydrogens is 326 g/mol. The largest absolute Gasteiger partial charge is 0.326 e. The summed E-state index contributed by atoms with van der Waals surface area (Å²) in [5, 5.41) is 5.72. The van der Waals surface area contributed by atoms with Gasteiger partial charge >= 0.3 is 0 Å². The number of aromatic nitrogens is 1. The van der Waals surface area contributed by atoms with E-state index in [1.165, 1.54) is 0 Å². The summed E-state index contributed by atoms with van der Waals surface area (Å²) in [5.74, 6) is -0.119. The van der Waals surface area contributed by atoms with E-state index < -0.39 is 0 Å². The third-order valence-corrected chi connectivity index (χ3v) is 4.28. The molecule has 2 aromatic carbocycles.